The van der Waals surface area contributed by atoms with Gasteiger partial charge in [0.05, 0.1) is 25.8 Å². The lowest BCUT2D eigenvalue weighted by Gasteiger charge is -2.39. The van der Waals surface area contributed by atoms with Gasteiger partial charge in [0.1, 0.15) is 32.7 Å². The Balaban J connectivity index is 1.58. The number of ether oxygens (including phenoxy) is 2. The normalized spacial score (nSPS) is 30.8. The summed E-state index contributed by atoms with van der Waals surface area (Å²) in [4.78, 5) is 3.54. The maximum atomic E-state index is 5.60. The Bertz CT molecular complexity index is 526. The summed E-state index contributed by atoms with van der Waals surface area (Å²) in [5.74, 6) is 2.66. The number of methoxy groups -OCH3 is 2. The van der Waals surface area contributed by atoms with Gasteiger partial charge in [0, 0.05) is 5.92 Å². The SMILES string of the molecule is COc1cccc(C[NH+]2CC[NH+]([C@H]3CCCC[C@H]3C)CC2)c1OC. The summed E-state index contributed by atoms with van der Waals surface area (Å²) >= 11 is 0. The minimum atomic E-state index is 0.842. The quantitative estimate of drug-likeness (QED) is 0.824. The Kier molecular flexibility index (Phi) is 6.01. The molecule has 0 radical (unpaired) electrons. The van der Waals surface area contributed by atoms with Gasteiger partial charge in [-0.25, -0.2) is 0 Å². The fraction of sp³-hybridized carbons (Fsp3) is 0.700. The van der Waals surface area contributed by atoms with E-state index in [0.717, 1.165) is 30.0 Å². The van der Waals surface area contributed by atoms with Crippen molar-refractivity contribution in [3.05, 3.63) is 23.8 Å². The molecule has 2 atom stereocenters. The van der Waals surface area contributed by atoms with E-state index in [-0.39, 0.29) is 0 Å². The molecule has 1 aliphatic carbocycles. The van der Waals surface area contributed by atoms with Gasteiger partial charge in [0.25, 0.3) is 0 Å². The molecular formula is C20H34N2O2+2. The van der Waals surface area contributed by atoms with Gasteiger partial charge in [-0.1, -0.05) is 19.4 Å². The molecule has 1 heterocycles. The van der Waals surface area contributed by atoms with Crippen LogP contribution in [0.2, 0.25) is 0 Å². The highest BCUT2D eigenvalue weighted by Gasteiger charge is 2.34. The molecule has 0 bridgehead atoms. The molecule has 0 aromatic heterocycles. The van der Waals surface area contributed by atoms with Crippen LogP contribution in [-0.2, 0) is 6.54 Å². The van der Waals surface area contributed by atoms with Crippen LogP contribution in [0.1, 0.15) is 38.2 Å². The van der Waals surface area contributed by atoms with Gasteiger partial charge in [-0.3, -0.25) is 0 Å². The minimum absolute atomic E-state index is 0.842. The molecular weight excluding hydrogens is 300 g/mol. The van der Waals surface area contributed by atoms with Crippen LogP contribution in [0.4, 0.5) is 0 Å². The first kappa shape index (κ1) is 17.6. The molecule has 1 saturated carbocycles. The zero-order valence-corrected chi connectivity index (χ0v) is 15.6. The summed E-state index contributed by atoms with van der Waals surface area (Å²) in [5, 5.41) is 0. The Morgan fingerprint density at radius 2 is 1.75 bits per heavy atom. The van der Waals surface area contributed by atoms with Gasteiger partial charge in [-0.2, -0.15) is 0 Å². The molecule has 0 unspecified atom stereocenters. The van der Waals surface area contributed by atoms with Crippen LogP contribution in [0.15, 0.2) is 18.2 Å². The van der Waals surface area contributed by atoms with Crippen LogP contribution in [0.5, 0.6) is 11.5 Å². The van der Waals surface area contributed by atoms with Crippen LogP contribution in [0, 0.1) is 5.92 Å². The molecule has 1 aliphatic heterocycles. The summed E-state index contributed by atoms with van der Waals surface area (Å²) in [7, 11) is 3.45. The fourth-order valence-corrected chi connectivity index (χ4v) is 4.76. The Labute approximate surface area is 146 Å². The minimum Gasteiger partial charge on any atom is -0.493 e. The first-order valence-electron chi connectivity index (χ1n) is 9.61. The molecule has 1 aromatic rings. The lowest BCUT2D eigenvalue weighted by atomic mass is 9.84. The standard InChI is InChI=1S/C20H32N2O2/c1-16-7-4-5-9-18(16)22-13-11-21(12-14-22)15-17-8-6-10-19(23-2)20(17)24-3/h6,8,10,16,18H,4-5,7,9,11-15H2,1-3H3/p+2/t16-,18+/m1/s1. The van der Waals surface area contributed by atoms with Crippen LogP contribution in [-0.4, -0.2) is 46.4 Å². The van der Waals surface area contributed by atoms with Crippen molar-refractivity contribution in [1.82, 2.24) is 0 Å². The fourth-order valence-electron chi connectivity index (χ4n) is 4.76. The Morgan fingerprint density at radius 3 is 2.42 bits per heavy atom. The molecule has 24 heavy (non-hydrogen) atoms. The molecule has 3 rings (SSSR count). The third kappa shape index (κ3) is 3.86. The highest BCUT2D eigenvalue weighted by atomic mass is 16.5. The first-order valence-corrected chi connectivity index (χ1v) is 9.61. The third-order valence-corrected chi connectivity index (χ3v) is 6.16. The van der Waals surface area contributed by atoms with Crippen LogP contribution in [0.3, 0.4) is 0 Å². The van der Waals surface area contributed by atoms with Crippen LogP contribution < -0.4 is 19.3 Å². The van der Waals surface area contributed by atoms with Crippen LogP contribution in [0.25, 0.3) is 0 Å². The topological polar surface area (TPSA) is 27.3 Å². The highest BCUT2D eigenvalue weighted by Crippen LogP contribution is 2.30. The predicted octanol–water partition coefficient (Wildman–Crippen LogP) is 0.566. The van der Waals surface area contributed by atoms with Gasteiger partial charge in [0.15, 0.2) is 11.5 Å². The summed E-state index contributed by atoms with van der Waals surface area (Å²) in [5.41, 5.74) is 1.27. The maximum absolute atomic E-state index is 5.60. The monoisotopic (exact) mass is 334 g/mol. The number of piperazine rings is 1. The van der Waals surface area contributed by atoms with E-state index in [2.05, 4.69) is 19.1 Å². The lowest BCUT2D eigenvalue weighted by Crippen LogP contribution is -3.29. The van der Waals surface area contributed by atoms with Crippen molar-refractivity contribution >= 4 is 0 Å². The summed E-state index contributed by atoms with van der Waals surface area (Å²) < 4.78 is 11.0. The maximum Gasteiger partial charge on any atom is 0.169 e. The van der Waals surface area contributed by atoms with Crippen molar-refractivity contribution in [2.75, 3.05) is 40.4 Å². The van der Waals surface area contributed by atoms with Gasteiger partial charge in [0.2, 0.25) is 0 Å². The molecule has 1 saturated heterocycles. The van der Waals surface area contributed by atoms with Gasteiger partial charge in [-0.05, 0) is 31.4 Å². The Hall–Kier alpha value is -1.26. The summed E-state index contributed by atoms with van der Waals surface area (Å²) in [6, 6.07) is 7.13. The number of para-hydroxylation sites is 1. The molecule has 4 heteroatoms. The zero-order valence-electron chi connectivity index (χ0n) is 15.6. The molecule has 2 fully saturated rings. The van der Waals surface area contributed by atoms with Crippen molar-refractivity contribution in [2.45, 2.75) is 45.2 Å². The molecule has 1 aromatic carbocycles. The Morgan fingerprint density at radius 1 is 1.00 bits per heavy atom. The average molecular weight is 335 g/mol. The molecule has 4 nitrogen and oxygen atoms in total. The number of benzene rings is 1. The van der Waals surface area contributed by atoms with E-state index >= 15 is 0 Å². The average Bonchev–Trinajstić information content (AvgIpc) is 2.62. The van der Waals surface area contributed by atoms with E-state index < -0.39 is 0 Å². The molecule has 134 valence electrons. The van der Waals surface area contributed by atoms with Gasteiger partial charge < -0.3 is 19.3 Å². The number of quaternary nitrogens is 2. The largest absolute Gasteiger partial charge is 0.493 e. The van der Waals surface area contributed by atoms with Crippen molar-refractivity contribution in [1.29, 1.82) is 0 Å². The lowest BCUT2D eigenvalue weighted by molar-refractivity contribution is -1.03. The third-order valence-electron chi connectivity index (χ3n) is 6.16. The smallest absolute Gasteiger partial charge is 0.169 e. The van der Waals surface area contributed by atoms with E-state index in [0.29, 0.717) is 0 Å². The second-order valence-electron chi connectivity index (χ2n) is 7.61. The number of hydrogen-bond donors (Lipinski definition) is 2. The summed E-state index contributed by atoms with van der Waals surface area (Å²) in [6.45, 7) is 8.66. The zero-order chi connectivity index (χ0) is 16.9. The highest BCUT2D eigenvalue weighted by molar-refractivity contribution is 5.46. The van der Waals surface area contributed by atoms with E-state index in [1.54, 1.807) is 19.1 Å². The predicted molar refractivity (Wildman–Crippen MR) is 96.1 cm³/mol. The molecule has 0 amide bonds. The number of hydrogen-bond acceptors (Lipinski definition) is 2. The van der Waals surface area contributed by atoms with Crippen molar-refractivity contribution in [2.24, 2.45) is 5.92 Å². The number of rotatable bonds is 5. The van der Waals surface area contributed by atoms with E-state index in [1.807, 2.05) is 11.0 Å². The second-order valence-corrected chi connectivity index (χ2v) is 7.61. The van der Waals surface area contributed by atoms with Crippen molar-refractivity contribution in [3.63, 3.8) is 0 Å². The van der Waals surface area contributed by atoms with E-state index in [9.17, 15) is 0 Å². The van der Waals surface area contributed by atoms with Crippen LogP contribution >= 0.6 is 0 Å². The van der Waals surface area contributed by atoms with Gasteiger partial charge in [-0.15, -0.1) is 0 Å². The van der Waals surface area contributed by atoms with Crippen molar-refractivity contribution < 1.29 is 19.3 Å². The molecule has 2 aliphatic rings. The number of nitrogens with one attached hydrogen (secondary N) is 2. The van der Waals surface area contributed by atoms with E-state index in [4.69, 9.17) is 9.47 Å². The summed E-state index contributed by atoms with van der Waals surface area (Å²) in [6.07, 6.45) is 5.76. The molecule has 0 spiro atoms. The molecule has 2 N–H and O–H groups in total. The van der Waals surface area contributed by atoms with E-state index in [1.165, 1.54) is 57.4 Å². The second kappa shape index (κ2) is 8.21. The first-order chi connectivity index (χ1) is 11.7. The van der Waals surface area contributed by atoms with Crippen molar-refractivity contribution in [3.8, 4) is 11.5 Å². The van der Waals surface area contributed by atoms with Gasteiger partial charge >= 0.3 is 0 Å².